The Labute approximate surface area is 88.6 Å². The SMILES string of the molecule is c1cc2c(c([C@@H]3CNCCN3)c1)OCO2. The van der Waals surface area contributed by atoms with Gasteiger partial charge in [0.2, 0.25) is 6.79 Å². The van der Waals surface area contributed by atoms with E-state index < -0.39 is 0 Å². The number of benzene rings is 1. The Balaban J connectivity index is 1.93. The first-order chi connectivity index (χ1) is 7.45. The van der Waals surface area contributed by atoms with Crippen molar-refractivity contribution >= 4 is 0 Å². The third-order valence-corrected chi connectivity index (χ3v) is 2.84. The van der Waals surface area contributed by atoms with Crippen LogP contribution in [0.3, 0.4) is 0 Å². The van der Waals surface area contributed by atoms with E-state index in [1.807, 2.05) is 12.1 Å². The molecule has 0 bridgehead atoms. The Morgan fingerprint density at radius 2 is 2.20 bits per heavy atom. The molecule has 0 aromatic heterocycles. The van der Waals surface area contributed by atoms with Crippen LogP contribution in [0.5, 0.6) is 11.5 Å². The third-order valence-electron chi connectivity index (χ3n) is 2.84. The molecule has 1 atom stereocenters. The fraction of sp³-hybridized carbons (Fsp3) is 0.455. The van der Waals surface area contributed by atoms with Gasteiger partial charge < -0.3 is 20.1 Å². The van der Waals surface area contributed by atoms with Crippen molar-refractivity contribution in [2.75, 3.05) is 26.4 Å². The van der Waals surface area contributed by atoms with Crippen LogP contribution in [0, 0.1) is 0 Å². The lowest BCUT2D eigenvalue weighted by atomic mass is 10.0. The number of piperazine rings is 1. The minimum atomic E-state index is 0.329. The van der Waals surface area contributed by atoms with Gasteiger partial charge in [0.25, 0.3) is 0 Å². The molecule has 80 valence electrons. The second-order valence-corrected chi connectivity index (χ2v) is 3.79. The first-order valence-electron chi connectivity index (χ1n) is 5.28. The first kappa shape index (κ1) is 9.00. The molecule has 0 aliphatic carbocycles. The average molecular weight is 206 g/mol. The summed E-state index contributed by atoms with van der Waals surface area (Å²) >= 11 is 0. The number of rotatable bonds is 1. The summed E-state index contributed by atoms with van der Waals surface area (Å²) in [6, 6.07) is 6.38. The van der Waals surface area contributed by atoms with Crippen molar-refractivity contribution in [3.8, 4) is 11.5 Å². The van der Waals surface area contributed by atoms with E-state index in [0.717, 1.165) is 31.1 Å². The summed E-state index contributed by atoms with van der Waals surface area (Å²) in [6.45, 7) is 3.31. The van der Waals surface area contributed by atoms with E-state index in [1.165, 1.54) is 5.56 Å². The monoisotopic (exact) mass is 206 g/mol. The molecule has 2 aliphatic heterocycles. The predicted octanol–water partition coefficient (Wildman–Crippen LogP) is 0.649. The van der Waals surface area contributed by atoms with Crippen molar-refractivity contribution in [2.45, 2.75) is 6.04 Å². The van der Waals surface area contributed by atoms with E-state index in [9.17, 15) is 0 Å². The van der Waals surface area contributed by atoms with Crippen LogP contribution in [0.15, 0.2) is 18.2 Å². The second-order valence-electron chi connectivity index (χ2n) is 3.79. The average Bonchev–Trinajstić information content (AvgIpc) is 2.78. The van der Waals surface area contributed by atoms with Gasteiger partial charge in [0.15, 0.2) is 11.5 Å². The van der Waals surface area contributed by atoms with Crippen LogP contribution >= 0.6 is 0 Å². The van der Waals surface area contributed by atoms with Crippen LogP contribution in [0.2, 0.25) is 0 Å². The Bertz CT molecular complexity index is 362. The van der Waals surface area contributed by atoms with Crippen molar-refractivity contribution in [2.24, 2.45) is 0 Å². The van der Waals surface area contributed by atoms with Gasteiger partial charge in [-0.15, -0.1) is 0 Å². The molecule has 4 heteroatoms. The molecule has 2 N–H and O–H groups in total. The van der Waals surface area contributed by atoms with E-state index >= 15 is 0 Å². The van der Waals surface area contributed by atoms with Gasteiger partial charge >= 0.3 is 0 Å². The summed E-state index contributed by atoms with van der Waals surface area (Å²) in [6.07, 6.45) is 0. The van der Waals surface area contributed by atoms with Crippen LogP contribution in [-0.4, -0.2) is 26.4 Å². The molecule has 1 fully saturated rings. The Kier molecular flexibility index (Phi) is 2.23. The highest BCUT2D eigenvalue weighted by Gasteiger charge is 2.23. The van der Waals surface area contributed by atoms with Crippen molar-refractivity contribution in [1.82, 2.24) is 10.6 Å². The molecule has 0 saturated carbocycles. The first-order valence-corrected chi connectivity index (χ1v) is 5.28. The smallest absolute Gasteiger partial charge is 0.231 e. The van der Waals surface area contributed by atoms with E-state index in [4.69, 9.17) is 9.47 Å². The number of para-hydroxylation sites is 1. The van der Waals surface area contributed by atoms with Gasteiger partial charge in [-0.3, -0.25) is 0 Å². The maximum absolute atomic E-state index is 5.49. The van der Waals surface area contributed by atoms with Crippen molar-refractivity contribution in [3.05, 3.63) is 23.8 Å². The summed E-state index contributed by atoms with van der Waals surface area (Å²) < 4.78 is 10.9. The highest BCUT2D eigenvalue weighted by molar-refractivity contribution is 5.49. The number of hydrogen-bond acceptors (Lipinski definition) is 4. The molecule has 2 aliphatic rings. The standard InChI is InChI=1S/C11H14N2O2/c1-2-8(9-6-12-4-5-13-9)11-10(3-1)14-7-15-11/h1-3,9,12-13H,4-7H2/t9-/m0/s1. The summed E-state index contributed by atoms with van der Waals surface area (Å²) in [5.74, 6) is 1.76. The van der Waals surface area contributed by atoms with E-state index in [-0.39, 0.29) is 0 Å². The van der Waals surface area contributed by atoms with Gasteiger partial charge in [0, 0.05) is 31.2 Å². The predicted molar refractivity (Wildman–Crippen MR) is 56.2 cm³/mol. The van der Waals surface area contributed by atoms with Gasteiger partial charge in [-0.05, 0) is 6.07 Å². The van der Waals surface area contributed by atoms with Crippen LogP contribution < -0.4 is 20.1 Å². The lowest BCUT2D eigenvalue weighted by Crippen LogP contribution is -2.42. The normalized spacial score (nSPS) is 24.1. The van der Waals surface area contributed by atoms with E-state index in [0.29, 0.717) is 12.8 Å². The molecule has 3 rings (SSSR count). The highest BCUT2D eigenvalue weighted by Crippen LogP contribution is 2.38. The van der Waals surface area contributed by atoms with Crippen LogP contribution in [0.1, 0.15) is 11.6 Å². The van der Waals surface area contributed by atoms with Gasteiger partial charge in [0.1, 0.15) is 0 Å². The molecule has 0 spiro atoms. The topological polar surface area (TPSA) is 42.5 Å². The summed E-state index contributed by atoms with van der Waals surface area (Å²) in [4.78, 5) is 0. The second kappa shape index (κ2) is 3.72. The van der Waals surface area contributed by atoms with Crippen molar-refractivity contribution in [1.29, 1.82) is 0 Å². The third kappa shape index (κ3) is 1.56. The molecule has 1 aromatic carbocycles. The molecule has 2 heterocycles. The maximum Gasteiger partial charge on any atom is 0.231 e. The lowest BCUT2D eigenvalue weighted by Gasteiger charge is -2.25. The molecular weight excluding hydrogens is 192 g/mol. The van der Waals surface area contributed by atoms with Gasteiger partial charge in [0.05, 0.1) is 0 Å². The maximum atomic E-state index is 5.49. The number of ether oxygens (including phenoxy) is 2. The highest BCUT2D eigenvalue weighted by atomic mass is 16.7. The molecular formula is C11H14N2O2. The van der Waals surface area contributed by atoms with Gasteiger partial charge in [-0.1, -0.05) is 12.1 Å². The summed E-state index contributed by atoms with van der Waals surface area (Å²) in [5.41, 5.74) is 1.19. The van der Waals surface area contributed by atoms with Crippen molar-refractivity contribution < 1.29 is 9.47 Å². The minimum Gasteiger partial charge on any atom is -0.454 e. The minimum absolute atomic E-state index is 0.329. The Hall–Kier alpha value is -1.26. The van der Waals surface area contributed by atoms with Gasteiger partial charge in [-0.2, -0.15) is 0 Å². The van der Waals surface area contributed by atoms with E-state index in [1.54, 1.807) is 0 Å². The van der Waals surface area contributed by atoms with Crippen LogP contribution in [-0.2, 0) is 0 Å². The van der Waals surface area contributed by atoms with Crippen molar-refractivity contribution in [3.63, 3.8) is 0 Å². The molecule has 15 heavy (non-hydrogen) atoms. The van der Waals surface area contributed by atoms with E-state index in [2.05, 4.69) is 16.7 Å². The number of nitrogens with one attached hydrogen (secondary N) is 2. The van der Waals surface area contributed by atoms with Gasteiger partial charge in [-0.25, -0.2) is 0 Å². The van der Waals surface area contributed by atoms with Crippen LogP contribution in [0.4, 0.5) is 0 Å². The molecule has 0 unspecified atom stereocenters. The molecule has 4 nitrogen and oxygen atoms in total. The quantitative estimate of drug-likeness (QED) is 0.708. The van der Waals surface area contributed by atoms with Crippen LogP contribution in [0.25, 0.3) is 0 Å². The number of fused-ring (bicyclic) bond motifs is 1. The summed E-state index contributed by atoms with van der Waals surface area (Å²) in [7, 11) is 0. The lowest BCUT2D eigenvalue weighted by molar-refractivity contribution is 0.172. The fourth-order valence-electron chi connectivity index (χ4n) is 2.10. The Morgan fingerprint density at radius 1 is 1.20 bits per heavy atom. The zero-order valence-corrected chi connectivity index (χ0v) is 8.45. The number of hydrogen-bond donors (Lipinski definition) is 2. The molecule has 1 aromatic rings. The Morgan fingerprint density at radius 3 is 3.07 bits per heavy atom. The molecule has 1 saturated heterocycles. The fourth-order valence-corrected chi connectivity index (χ4v) is 2.10. The zero-order valence-electron chi connectivity index (χ0n) is 8.45. The molecule has 0 amide bonds. The summed E-state index contributed by atoms with van der Waals surface area (Å²) in [5, 5.41) is 6.83. The molecule has 0 radical (unpaired) electrons. The largest absolute Gasteiger partial charge is 0.454 e. The zero-order chi connectivity index (χ0) is 10.1.